The van der Waals surface area contributed by atoms with Crippen molar-refractivity contribution < 1.29 is 53.1 Å². The number of carbonyl (C=O) groups excluding carboxylic acids is 9. The van der Waals surface area contributed by atoms with E-state index in [1.54, 1.807) is 70.6 Å². The number of carboxylic acid groups (broad SMARTS) is 1. The van der Waals surface area contributed by atoms with Gasteiger partial charge >= 0.3 is 5.97 Å². The molecule has 10 atom stereocenters. The zero-order chi connectivity index (χ0) is 73.3. The first-order valence-corrected chi connectivity index (χ1v) is 33.0. The van der Waals surface area contributed by atoms with E-state index in [-0.39, 0.29) is 95.3 Å². The Morgan fingerprint density at radius 2 is 0.680 bits per heavy atom. The number of para-hydroxylation sites is 3. The number of H-pyrrole nitrogens is 3. The molecular weight excluding hydrogens is 1290 g/mol. The molecule has 0 radical (unpaired) electrons. The van der Waals surface area contributed by atoms with Gasteiger partial charge in [0.05, 0.1) is 6.04 Å². The first kappa shape index (κ1) is 77.8. The lowest BCUT2D eigenvalue weighted by Crippen LogP contribution is -2.62. The maximum Gasteiger partial charge on any atom is 0.326 e. The minimum Gasteiger partial charge on any atom is -0.480 e. The summed E-state index contributed by atoms with van der Waals surface area (Å²) in [5, 5.41) is 36.6. The molecule has 3 heterocycles. The second-order valence-electron chi connectivity index (χ2n) is 25.2. The number of nitrogens with zero attached hydrogens (tertiary/aromatic N) is 3. The highest BCUT2D eigenvalue weighted by molar-refractivity contribution is 6.00. The van der Waals surface area contributed by atoms with Crippen molar-refractivity contribution in [2.75, 3.05) is 19.6 Å². The van der Waals surface area contributed by atoms with E-state index in [2.05, 4.69) is 77.8 Å². The third-order valence-corrected chi connectivity index (χ3v) is 16.6. The van der Waals surface area contributed by atoms with Gasteiger partial charge in [0.2, 0.25) is 53.2 Å². The van der Waals surface area contributed by atoms with Crippen molar-refractivity contribution in [1.82, 2.24) is 62.8 Å². The molecule has 33 nitrogen and oxygen atoms in total. The Hall–Kier alpha value is -11.2. The number of aromatic amines is 3. The van der Waals surface area contributed by atoms with Crippen molar-refractivity contribution in [3.8, 4) is 0 Å². The van der Waals surface area contributed by atoms with Crippen LogP contribution in [0.2, 0.25) is 0 Å². The Morgan fingerprint density at radius 3 is 1.07 bits per heavy atom. The third kappa shape index (κ3) is 23.2. The number of aliphatic carboxylic acids is 1. The molecule has 3 aromatic carbocycles. The number of nitrogens with two attached hydrogens (primary N) is 7. The molecule has 3 aromatic heterocycles. The van der Waals surface area contributed by atoms with Gasteiger partial charge in [0.25, 0.3) is 0 Å². The summed E-state index contributed by atoms with van der Waals surface area (Å²) in [4.78, 5) is 163. The minimum atomic E-state index is -1.48. The summed E-state index contributed by atoms with van der Waals surface area (Å²) in [6.45, 7) is 9.55. The number of aliphatic imine (C=N–C) groups is 3. The van der Waals surface area contributed by atoms with E-state index in [1.807, 2.05) is 48.5 Å². The summed E-state index contributed by atoms with van der Waals surface area (Å²) in [7, 11) is 0. The van der Waals surface area contributed by atoms with Gasteiger partial charge in [-0.05, 0) is 106 Å². The highest BCUT2D eigenvalue weighted by atomic mass is 16.4. The average Bonchev–Trinajstić information content (AvgIpc) is 1.67. The molecule has 6 rings (SSSR count). The van der Waals surface area contributed by atoms with Crippen LogP contribution in [-0.4, -0.2) is 177 Å². The van der Waals surface area contributed by atoms with Gasteiger partial charge in [-0.25, -0.2) is 4.79 Å². The molecule has 9 amide bonds. The molecule has 0 saturated heterocycles. The van der Waals surface area contributed by atoms with Crippen molar-refractivity contribution in [2.45, 2.75) is 160 Å². The van der Waals surface area contributed by atoms with Gasteiger partial charge in [-0.15, -0.1) is 0 Å². The second-order valence-corrected chi connectivity index (χ2v) is 25.2. The standard InChI is InChI=1S/C67H96N22O11/c1-34(2)53(89-63(98)54(35(3)4)88-61(96)52(30-40-33-80-47-21-12-9-18-43(40)47)86-56(91)37(6)81-55(90)36(5)82-57(92)44(68)28-38-31-78-45-19-10-7-16-41(38)45)62(97)87-51(29-39-32-79-46-20-11-8-17-42(39)46)60(95)84-48(22-13-25-75-65(69)70)58(93)83-49(23-14-26-76-66(71)72)59(94)85-50(64(99)100)24-15-27-77-67(73)74/h7-12,16-21,31-37,44,48-54,78-80H,13-15,22-30,68H2,1-6H3,(H,81,90)(H,82,92)(H,83,93)(H,84,95)(H,85,94)(H,86,91)(H,87,97)(H,88,96)(H,89,98)(H,99,100)(H4,69,70,75)(H4,71,72,76)(H4,73,74,77)/t36-,37-,44-,48-,49-,50-,51-,52-,53-,54-/m0/s1. The summed E-state index contributed by atoms with van der Waals surface area (Å²) >= 11 is 0. The number of amides is 9. The maximum atomic E-state index is 15.0. The van der Waals surface area contributed by atoms with E-state index in [9.17, 15) is 48.3 Å². The van der Waals surface area contributed by atoms with Crippen LogP contribution >= 0.6 is 0 Å². The largest absolute Gasteiger partial charge is 0.480 e. The molecule has 6 aromatic rings. The zero-order valence-electron chi connectivity index (χ0n) is 57.0. The zero-order valence-corrected chi connectivity index (χ0v) is 57.0. The first-order valence-electron chi connectivity index (χ1n) is 33.0. The van der Waals surface area contributed by atoms with Crippen LogP contribution in [-0.2, 0) is 67.2 Å². The van der Waals surface area contributed by atoms with E-state index < -0.39 is 131 Å². The van der Waals surface area contributed by atoms with Crippen molar-refractivity contribution in [3.63, 3.8) is 0 Å². The van der Waals surface area contributed by atoms with Gasteiger partial charge in [-0.3, -0.25) is 58.1 Å². The quantitative estimate of drug-likeness (QED) is 0.0118. The highest BCUT2D eigenvalue weighted by Gasteiger charge is 2.37. The lowest BCUT2D eigenvalue weighted by Gasteiger charge is -2.30. The fraction of sp³-hybridized carbons (Fsp3) is 0.448. The molecule has 0 spiro atoms. The molecule has 0 unspecified atom stereocenters. The Kier molecular flexibility index (Phi) is 29.1. The Labute approximate surface area is 577 Å². The molecule has 0 aliphatic rings. The molecule has 33 heteroatoms. The lowest BCUT2D eigenvalue weighted by atomic mass is 9.97. The number of aromatic nitrogens is 3. The first-order chi connectivity index (χ1) is 47.5. The Balaban J connectivity index is 1.21. The van der Waals surface area contributed by atoms with Crippen molar-refractivity contribution >= 4 is 110 Å². The van der Waals surface area contributed by atoms with Crippen molar-refractivity contribution in [3.05, 3.63) is 108 Å². The van der Waals surface area contributed by atoms with Crippen LogP contribution in [0.1, 0.15) is 96.8 Å². The number of carboxylic acids is 1. The third-order valence-electron chi connectivity index (χ3n) is 16.6. The highest BCUT2D eigenvalue weighted by Crippen LogP contribution is 2.23. The average molecular weight is 1390 g/mol. The molecule has 0 aliphatic heterocycles. The van der Waals surface area contributed by atoms with E-state index >= 15 is 4.79 Å². The van der Waals surface area contributed by atoms with Crippen LogP contribution in [0.25, 0.3) is 32.7 Å². The number of rotatable bonds is 39. The number of benzene rings is 3. The summed E-state index contributed by atoms with van der Waals surface area (Å²) in [6.07, 6.45) is 5.07. The SMILES string of the molecule is CC(C)[C@H](NC(=O)[C@H](Cc1c[nH]c2ccccc12)NC(=O)[C@H](C)NC(=O)[C@H](C)NC(=O)[C@@H](N)Cc1c[nH]c2ccccc12)C(=O)N[C@H](C(=O)N[C@@H](Cc1c[nH]c2ccccc12)C(=O)N[C@@H](CCCN=C(N)N)C(=O)N[C@@H](CCCN=C(N)N)C(=O)N[C@@H](CCCN=C(N)N)C(=O)O)C(C)C. The monoisotopic (exact) mass is 1380 g/mol. The van der Waals surface area contributed by atoms with E-state index in [0.717, 1.165) is 27.4 Å². The lowest BCUT2D eigenvalue weighted by molar-refractivity contribution is -0.142. The number of fused-ring (bicyclic) bond motifs is 3. The smallest absolute Gasteiger partial charge is 0.326 e. The summed E-state index contributed by atoms with van der Waals surface area (Å²) in [5.41, 5.74) is 43.8. The molecule has 0 fully saturated rings. The van der Waals surface area contributed by atoms with Gasteiger partial charge in [-0.2, -0.15) is 0 Å². The minimum absolute atomic E-state index is 0.0000256. The van der Waals surface area contributed by atoms with Gasteiger partial charge < -0.3 is 108 Å². The Morgan fingerprint density at radius 1 is 0.380 bits per heavy atom. The number of hydrogen-bond acceptors (Lipinski definition) is 14. The van der Waals surface area contributed by atoms with Gasteiger partial charge in [0.1, 0.15) is 54.4 Å². The van der Waals surface area contributed by atoms with Crippen LogP contribution in [0, 0.1) is 11.8 Å². The second kappa shape index (κ2) is 37.5. The van der Waals surface area contributed by atoms with Crippen LogP contribution in [0.5, 0.6) is 0 Å². The van der Waals surface area contributed by atoms with E-state index in [1.165, 1.54) is 13.8 Å². The van der Waals surface area contributed by atoms with Crippen LogP contribution < -0.4 is 88.0 Å². The van der Waals surface area contributed by atoms with Crippen LogP contribution in [0.3, 0.4) is 0 Å². The van der Waals surface area contributed by atoms with E-state index in [0.29, 0.717) is 22.0 Å². The normalized spacial score (nSPS) is 14.3. The van der Waals surface area contributed by atoms with Gasteiger partial charge in [-0.1, -0.05) is 82.3 Å². The maximum absolute atomic E-state index is 15.0. The van der Waals surface area contributed by atoms with Gasteiger partial charge in [0.15, 0.2) is 17.9 Å². The fourth-order valence-corrected chi connectivity index (χ4v) is 11.1. The summed E-state index contributed by atoms with van der Waals surface area (Å²) in [5.74, 6) is -10.6. The molecule has 0 saturated carbocycles. The Bertz CT molecular complexity index is 3920. The number of hydrogen-bond donors (Lipinski definition) is 20. The molecule has 540 valence electrons. The number of nitrogens with one attached hydrogen (secondary N) is 12. The molecule has 27 N–H and O–H groups in total. The van der Waals surface area contributed by atoms with Crippen LogP contribution in [0.15, 0.2) is 106 Å². The predicted octanol–water partition coefficient (Wildman–Crippen LogP) is -1.55. The molecular formula is C67H96N22O11. The van der Waals surface area contributed by atoms with E-state index in [4.69, 9.17) is 40.1 Å². The van der Waals surface area contributed by atoms with Crippen molar-refractivity contribution in [1.29, 1.82) is 0 Å². The number of carbonyl (C=O) groups is 10. The van der Waals surface area contributed by atoms with Gasteiger partial charge in [0, 0.05) is 83.8 Å². The predicted molar refractivity (Wildman–Crippen MR) is 380 cm³/mol. The summed E-state index contributed by atoms with van der Waals surface area (Å²) < 4.78 is 0. The fourth-order valence-electron chi connectivity index (χ4n) is 11.1. The van der Waals surface area contributed by atoms with Crippen LogP contribution in [0.4, 0.5) is 0 Å². The number of guanidine groups is 3. The molecule has 0 bridgehead atoms. The topological polar surface area (TPSA) is 566 Å². The molecule has 100 heavy (non-hydrogen) atoms. The summed E-state index contributed by atoms with van der Waals surface area (Å²) in [6, 6.07) is 8.74. The molecule has 0 aliphatic carbocycles. The van der Waals surface area contributed by atoms with Crippen molar-refractivity contribution in [2.24, 2.45) is 66.9 Å².